The van der Waals surface area contributed by atoms with E-state index in [1.54, 1.807) is 0 Å². The lowest BCUT2D eigenvalue weighted by molar-refractivity contribution is -0.140. The molecule has 1 amide bonds. The fraction of sp³-hybridized carbons (Fsp3) is 0.867. The summed E-state index contributed by atoms with van der Waals surface area (Å²) >= 11 is 0. The highest BCUT2D eigenvalue weighted by Crippen LogP contribution is 2.69. The molecule has 4 atom stereocenters. The molecule has 2 bridgehead atoms. The minimum atomic E-state index is -0.795. The van der Waals surface area contributed by atoms with E-state index in [1.807, 2.05) is 0 Å². The molecule has 0 radical (unpaired) electrons. The topological polar surface area (TPSA) is 66.4 Å². The maximum Gasteiger partial charge on any atom is 0.305 e. The Morgan fingerprint density at radius 1 is 1.16 bits per heavy atom. The molecule has 0 aromatic heterocycles. The van der Waals surface area contributed by atoms with Gasteiger partial charge in [0.15, 0.2) is 0 Å². The van der Waals surface area contributed by atoms with E-state index in [2.05, 4.69) is 5.32 Å². The maximum atomic E-state index is 12.4. The zero-order valence-electron chi connectivity index (χ0n) is 11.1. The summed E-state index contributed by atoms with van der Waals surface area (Å²) in [6.45, 7) is 0. The van der Waals surface area contributed by atoms with Crippen LogP contribution in [0, 0.1) is 29.6 Å². The zero-order valence-corrected chi connectivity index (χ0v) is 11.1. The first-order valence-electron chi connectivity index (χ1n) is 7.63. The van der Waals surface area contributed by atoms with E-state index >= 15 is 0 Å². The number of fused-ring (bicyclic) bond motifs is 5. The van der Waals surface area contributed by atoms with Crippen molar-refractivity contribution in [2.24, 2.45) is 29.6 Å². The first-order chi connectivity index (χ1) is 9.10. The number of carbonyl (C=O) groups excluding carboxylic acids is 1. The van der Waals surface area contributed by atoms with Crippen molar-refractivity contribution in [3.05, 3.63) is 0 Å². The number of amides is 1. The van der Waals surface area contributed by atoms with Gasteiger partial charge in [0.05, 0.1) is 12.0 Å². The lowest BCUT2D eigenvalue weighted by Gasteiger charge is -2.41. The minimum absolute atomic E-state index is 0.0909. The third kappa shape index (κ3) is 1.65. The van der Waals surface area contributed by atoms with E-state index in [0.29, 0.717) is 11.8 Å². The molecule has 0 heterocycles. The molecule has 0 saturated heterocycles. The van der Waals surface area contributed by atoms with Crippen molar-refractivity contribution in [1.82, 2.24) is 5.32 Å². The summed E-state index contributed by atoms with van der Waals surface area (Å²) in [4.78, 5) is 23.4. The quantitative estimate of drug-likeness (QED) is 0.812. The smallest absolute Gasteiger partial charge is 0.305 e. The van der Waals surface area contributed by atoms with E-state index < -0.39 is 11.5 Å². The van der Waals surface area contributed by atoms with E-state index in [-0.39, 0.29) is 18.2 Å². The first-order valence-corrected chi connectivity index (χ1v) is 7.63. The average Bonchev–Trinajstić information content (AvgIpc) is 2.75. The molecule has 4 unspecified atom stereocenters. The Balaban J connectivity index is 1.41. The van der Waals surface area contributed by atoms with Crippen LogP contribution in [0.5, 0.6) is 0 Å². The number of nitrogens with one attached hydrogen (secondary N) is 1. The number of rotatable bonds is 4. The molecule has 0 aromatic rings. The average molecular weight is 263 g/mol. The molecule has 19 heavy (non-hydrogen) atoms. The highest BCUT2D eigenvalue weighted by Gasteiger charge is 2.67. The van der Waals surface area contributed by atoms with Gasteiger partial charge in [-0.1, -0.05) is 0 Å². The monoisotopic (exact) mass is 263 g/mol. The molecule has 2 N–H and O–H groups in total. The largest absolute Gasteiger partial charge is 0.481 e. The van der Waals surface area contributed by atoms with Gasteiger partial charge >= 0.3 is 5.97 Å². The fourth-order valence-corrected chi connectivity index (χ4v) is 5.26. The number of carboxylic acids is 1. The summed E-state index contributed by atoms with van der Waals surface area (Å²) in [5.41, 5.74) is -0.418. The third-order valence-corrected chi connectivity index (χ3v) is 6.23. The van der Waals surface area contributed by atoms with E-state index in [9.17, 15) is 9.59 Å². The second kappa shape index (κ2) is 3.74. The molecule has 4 fully saturated rings. The lowest BCUT2D eigenvalue weighted by atomic mass is 9.74. The van der Waals surface area contributed by atoms with Crippen molar-refractivity contribution >= 4 is 11.9 Å². The molecule has 4 aliphatic rings. The van der Waals surface area contributed by atoms with Gasteiger partial charge in [0.25, 0.3) is 0 Å². The molecule has 104 valence electrons. The van der Waals surface area contributed by atoms with E-state index in [0.717, 1.165) is 31.1 Å². The van der Waals surface area contributed by atoms with Crippen molar-refractivity contribution in [2.75, 3.05) is 0 Å². The summed E-state index contributed by atoms with van der Waals surface area (Å²) in [6, 6.07) is 0. The van der Waals surface area contributed by atoms with Gasteiger partial charge in [0, 0.05) is 5.92 Å². The van der Waals surface area contributed by atoms with Gasteiger partial charge in [-0.25, -0.2) is 0 Å². The van der Waals surface area contributed by atoms with Crippen LogP contribution in [0.2, 0.25) is 0 Å². The van der Waals surface area contributed by atoms with Crippen molar-refractivity contribution in [3.8, 4) is 0 Å². The Bertz CT molecular complexity index is 427. The molecule has 4 heteroatoms. The molecule has 4 nitrogen and oxygen atoms in total. The third-order valence-electron chi connectivity index (χ3n) is 6.23. The Kier molecular flexibility index (Phi) is 2.31. The maximum absolute atomic E-state index is 12.4. The molecule has 0 aliphatic heterocycles. The molecule has 4 rings (SSSR count). The lowest BCUT2D eigenvalue weighted by Crippen LogP contribution is -2.55. The Morgan fingerprint density at radius 3 is 2.26 bits per heavy atom. The number of carboxylic acid groups (broad SMARTS) is 1. The van der Waals surface area contributed by atoms with Gasteiger partial charge in [-0.15, -0.1) is 0 Å². The highest BCUT2D eigenvalue weighted by molar-refractivity contribution is 5.84. The van der Waals surface area contributed by atoms with Crippen LogP contribution in [0.4, 0.5) is 0 Å². The number of aliphatic carboxylic acids is 1. The number of hydrogen-bond donors (Lipinski definition) is 2. The number of hydrogen-bond acceptors (Lipinski definition) is 2. The SMILES string of the molecule is O=C(O)CC1(NC(=O)C2C3C4CCC(C4)C23)CCC1. The fourth-order valence-electron chi connectivity index (χ4n) is 5.26. The van der Waals surface area contributed by atoms with Gasteiger partial charge < -0.3 is 10.4 Å². The van der Waals surface area contributed by atoms with Crippen LogP contribution >= 0.6 is 0 Å². The van der Waals surface area contributed by atoms with Crippen LogP contribution in [-0.4, -0.2) is 22.5 Å². The summed E-state index contributed by atoms with van der Waals surface area (Å²) < 4.78 is 0. The second-order valence-corrected chi connectivity index (χ2v) is 7.21. The van der Waals surface area contributed by atoms with Crippen LogP contribution < -0.4 is 5.32 Å². The van der Waals surface area contributed by atoms with Crippen molar-refractivity contribution in [2.45, 2.75) is 50.5 Å². The van der Waals surface area contributed by atoms with Gasteiger partial charge in [-0.3, -0.25) is 9.59 Å². The minimum Gasteiger partial charge on any atom is -0.481 e. The van der Waals surface area contributed by atoms with Gasteiger partial charge in [0.2, 0.25) is 5.91 Å². The molecule has 4 aliphatic carbocycles. The molecule has 0 aromatic carbocycles. The van der Waals surface area contributed by atoms with Crippen molar-refractivity contribution in [3.63, 3.8) is 0 Å². The van der Waals surface area contributed by atoms with E-state index in [4.69, 9.17) is 5.11 Å². The molecular weight excluding hydrogens is 242 g/mol. The van der Waals surface area contributed by atoms with Crippen LogP contribution in [-0.2, 0) is 9.59 Å². The summed E-state index contributed by atoms with van der Waals surface area (Å²) in [6.07, 6.45) is 6.77. The standard InChI is InChI=1S/C15H21NO3/c17-10(18)7-15(4-1-5-15)16-14(19)13-11-8-2-3-9(6-8)12(11)13/h8-9,11-13H,1-7H2,(H,16,19)(H,17,18). The Hall–Kier alpha value is -1.06. The van der Waals surface area contributed by atoms with Crippen LogP contribution in [0.1, 0.15) is 44.9 Å². The predicted octanol–water partition coefficient (Wildman–Crippen LogP) is 1.79. The van der Waals surface area contributed by atoms with Crippen molar-refractivity contribution in [1.29, 1.82) is 0 Å². The Morgan fingerprint density at radius 2 is 1.79 bits per heavy atom. The van der Waals surface area contributed by atoms with Crippen LogP contribution in [0.3, 0.4) is 0 Å². The second-order valence-electron chi connectivity index (χ2n) is 7.21. The molecule has 0 spiro atoms. The van der Waals surface area contributed by atoms with Crippen molar-refractivity contribution < 1.29 is 14.7 Å². The zero-order chi connectivity index (χ0) is 13.2. The normalized spacial score (nSPS) is 44.3. The predicted molar refractivity (Wildman–Crippen MR) is 68.3 cm³/mol. The van der Waals surface area contributed by atoms with Crippen LogP contribution in [0.15, 0.2) is 0 Å². The van der Waals surface area contributed by atoms with Gasteiger partial charge in [0.1, 0.15) is 0 Å². The Labute approximate surface area is 112 Å². The number of carbonyl (C=O) groups is 2. The van der Waals surface area contributed by atoms with E-state index in [1.165, 1.54) is 19.3 Å². The van der Waals surface area contributed by atoms with Gasteiger partial charge in [-0.2, -0.15) is 0 Å². The highest BCUT2D eigenvalue weighted by atomic mass is 16.4. The van der Waals surface area contributed by atoms with Crippen LogP contribution in [0.25, 0.3) is 0 Å². The molecule has 4 saturated carbocycles. The first kappa shape index (κ1) is 11.7. The summed E-state index contributed by atoms with van der Waals surface area (Å²) in [7, 11) is 0. The molecular formula is C15H21NO3. The summed E-state index contributed by atoms with van der Waals surface area (Å²) in [5.74, 6) is 2.45. The van der Waals surface area contributed by atoms with Gasteiger partial charge in [-0.05, 0) is 62.2 Å². The summed E-state index contributed by atoms with van der Waals surface area (Å²) in [5, 5.41) is 12.1.